The van der Waals surface area contributed by atoms with Gasteiger partial charge in [0.2, 0.25) is 0 Å². The van der Waals surface area contributed by atoms with Gasteiger partial charge >= 0.3 is 21.1 Å². The number of ether oxygens (including phenoxy) is 1. The smallest absolute Gasteiger partial charge is 0.501 e. The molecule has 0 bridgehead atoms. The Hall–Kier alpha value is -8.11. The Morgan fingerprint density at radius 1 is 0.500 bits per heavy atom. The van der Waals surface area contributed by atoms with Crippen LogP contribution in [0.1, 0.15) is 26.3 Å². The van der Waals surface area contributed by atoms with E-state index in [9.17, 15) is 0 Å². The number of fused-ring (bicyclic) bond motifs is 10. The van der Waals surface area contributed by atoms with Crippen molar-refractivity contribution in [2.45, 2.75) is 26.2 Å². The van der Waals surface area contributed by atoms with Crippen molar-refractivity contribution in [3.63, 3.8) is 0 Å². The average Bonchev–Trinajstić information content (AvgIpc) is 3.96. The molecule has 0 aliphatic rings. The summed E-state index contributed by atoms with van der Waals surface area (Å²) < 4.78 is 16.3. The third kappa shape index (κ3) is 7.37. The summed E-state index contributed by atoms with van der Waals surface area (Å²) in [5, 5.41) is 8.89. The minimum Gasteiger partial charge on any atom is -0.501 e. The second-order valence-corrected chi connectivity index (χ2v) is 18.8. The first kappa shape index (κ1) is 43.2. The van der Waals surface area contributed by atoms with Crippen LogP contribution in [0.4, 0.5) is 0 Å². The van der Waals surface area contributed by atoms with Crippen LogP contribution >= 0.6 is 0 Å². The fraction of sp³-hybridized carbons (Fsp3) is 0.0625. The number of rotatable bonds is 7. The molecule has 13 rings (SSSR count). The van der Waals surface area contributed by atoms with Crippen LogP contribution in [0.2, 0.25) is 0 Å². The van der Waals surface area contributed by atoms with Crippen LogP contribution in [0.5, 0.6) is 11.5 Å². The van der Waals surface area contributed by atoms with E-state index in [1.807, 2.05) is 42.5 Å². The van der Waals surface area contributed by atoms with Gasteiger partial charge in [0.1, 0.15) is 5.58 Å². The minimum atomic E-state index is -0.228. The number of furan rings is 1. The summed E-state index contributed by atoms with van der Waals surface area (Å²) in [6.45, 7) is 6.81. The van der Waals surface area contributed by atoms with E-state index in [1.54, 1.807) is 6.20 Å². The number of imidazole rings is 1. The quantitative estimate of drug-likeness (QED) is 0.118. The molecule has 0 unspecified atom stereocenters. The molecule has 0 fully saturated rings. The summed E-state index contributed by atoms with van der Waals surface area (Å²) in [6, 6.07) is 77.4. The largest absolute Gasteiger partial charge is 2.00 e. The van der Waals surface area contributed by atoms with E-state index >= 15 is 0 Å². The number of nitrogens with zero attached hydrogens (tertiary/aromatic N) is 3. The van der Waals surface area contributed by atoms with Crippen LogP contribution in [0.3, 0.4) is 0 Å². The zero-order chi connectivity index (χ0) is 46.2. The van der Waals surface area contributed by atoms with Crippen molar-refractivity contribution in [3.8, 4) is 62.1 Å². The molecule has 0 saturated heterocycles. The summed E-state index contributed by atoms with van der Waals surface area (Å²) in [4.78, 5) is 10.0. The zero-order valence-corrected chi connectivity index (χ0v) is 40.9. The molecule has 0 aliphatic carbocycles. The van der Waals surface area contributed by atoms with E-state index in [4.69, 9.17) is 14.1 Å². The summed E-state index contributed by atoms with van der Waals surface area (Å²) in [7, 11) is 0. The number of para-hydroxylation sites is 2. The van der Waals surface area contributed by atoms with E-state index in [1.165, 1.54) is 43.8 Å². The van der Waals surface area contributed by atoms with Crippen molar-refractivity contribution in [1.29, 1.82) is 0 Å². The molecule has 336 valence electrons. The fourth-order valence-electron chi connectivity index (χ4n) is 10.1. The van der Waals surface area contributed by atoms with Gasteiger partial charge in [-0.25, -0.2) is 0 Å². The molecule has 3 aromatic heterocycles. The number of hydrogen-bond acceptors (Lipinski definition) is 4. The molecular weight excluding hydrogens is 1040 g/mol. The van der Waals surface area contributed by atoms with Gasteiger partial charge in [-0.3, -0.25) is 4.98 Å². The molecule has 0 atom stereocenters. The molecule has 13 aromatic rings. The zero-order valence-electron chi connectivity index (χ0n) is 38.6. The van der Waals surface area contributed by atoms with E-state index in [0.717, 1.165) is 60.7 Å². The Labute approximate surface area is 419 Å². The van der Waals surface area contributed by atoms with Gasteiger partial charge in [-0.15, -0.1) is 23.8 Å². The molecule has 0 spiro atoms. The predicted molar refractivity (Wildman–Crippen MR) is 283 cm³/mol. The number of aromatic nitrogens is 3. The molecule has 6 heteroatoms. The van der Waals surface area contributed by atoms with Crippen molar-refractivity contribution in [2.24, 2.45) is 0 Å². The van der Waals surface area contributed by atoms with Crippen LogP contribution in [0, 0.1) is 12.1 Å². The number of pyridine rings is 1. The molecule has 0 aliphatic heterocycles. The summed E-state index contributed by atoms with van der Waals surface area (Å²) >= 11 is 0. The van der Waals surface area contributed by atoms with Gasteiger partial charge in [0.25, 0.3) is 0 Å². The van der Waals surface area contributed by atoms with Crippen LogP contribution in [-0.2, 0) is 26.5 Å². The van der Waals surface area contributed by atoms with Gasteiger partial charge < -0.3 is 18.7 Å². The third-order valence-electron chi connectivity index (χ3n) is 13.4. The fourth-order valence-corrected chi connectivity index (χ4v) is 10.1. The van der Waals surface area contributed by atoms with Crippen LogP contribution in [-0.4, -0.2) is 14.5 Å². The molecule has 0 amide bonds. The van der Waals surface area contributed by atoms with Crippen molar-refractivity contribution in [2.75, 3.05) is 0 Å². The molecule has 0 radical (unpaired) electrons. The van der Waals surface area contributed by atoms with Crippen molar-refractivity contribution < 1.29 is 30.2 Å². The molecule has 70 heavy (non-hydrogen) atoms. The molecular formula is C64H43N3O2Pt. The van der Waals surface area contributed by atoms with Gasteiger partial charge in [0.15, 0.2) is 0 Å². The normalized spacial score (nSPS) is 11.8. The van der Waals surface area contributed by atoms with E-state index in [-0.39, 0.29) is 26.5 Å². The van der Waals surface area contributed by atoms with Crippen LogP contribution < -0.4 is 4.74 Å². The van der Waals surface area contributed by atoms with Gasteiger partial charge in [0.05, 0.1) is 22.4 Å². The molecule has 0 N–H and O–H groups in total. The number of benzene rings is 10. The minimum absolute atomic E-state index is 0. The maximum absolute atomic E-state index is 7.19. The molecule has 3 heterocycles. The van der Waals surface area contributed by atoms with Gasteiger partial charge in [-0.2, -0.15) is 0 Å². The predicted octanol–water partition coefficient (Wildman–Crippen LogP) is 17.1. The standard InChI is InChI=1S/C64H43N3O2.Pt/c1-64(2,3)56-35-43(41-19-8-5-9-20-41)29-31-59(56)67-60-27-13-12-26-58(60)66-63(67)55-37-46(68-45-22-16-21-44(33-45)57-25-14-15-32-65-57)36-54-53-38-51-48-24-11-10-23-47(48)50-34-42(40-17-6-4-7-18-40)28-30-49(50)52(51)39-61(53)69-62(54)55;/h4-32,34-36,38-39H,1-3H3;/q-2;+2. The Morgan fingerprint density at radius 2 is 1.16 bits per heavy atom. The van der Waals surface area contributed by atoms with Gasteiger partial charge in [0, 0.05) is 28.8 Å². The van der Waals surface area contributed by atoms with Crippen molar-refractivity contribution in [1.82, 2.24) is 14.5 Å². The van der Waals surface area contributed by atoms with Crippen molar-refractivity contribution in [3.05, 3.63) is 224 Å². The van der Waals surface area contributed by atoms with Crippen LogP contribution in [0.25, 0.3) is 116 Å². The second-order valence-electron chi connectivity index (χ2n) is 18.8. The first-order chi connectivity index (χ1) is 33.8. The number of hydrogen-bond donors (Lipinski definition) is 0. The summed E-state index contributed by atoms with van der Waals surface area (Å²) in [5.74, 6) is 1.76. The molecule has 0 saturated carbocycles. The van der Waals surface area contributed by atoms with Gasteiger partial charge in [-0.1, -0.05) is 177 Å². The molecule has 10 aromatic carbocycles. The second kappa shape index (κ2) is 17.1. The monoisotopic (exact) mass is 1080 g/mol. The van der Waals surface area contributed by atoms with Crippen molar-refractivity contribution >= 4 is 65.3 Å². The third-order valence-corrected chi connectivity index (χ3v) is 13.4. The Balaban J connectivity index is 0.00000505. The van der Waals surface area contributed by atoms with Crippen LogP contribution in [0.15, 0.2) is 211 Å². The van der Waals surface area contributed by atoms with E-state index < -0.39 is 0 Å². The first-order valence-electron chi connectivity index (χ1n) is 23.4. The maximum Gasteiger partial charge on any atom is 2.00 e. The average molecular weight is 1080 g/mol. The van der Waals surface area contributed by atoms with Gasteiger partial charge in [-0.05, 0) is 120 Å². The van der Waals surface area contributed by atoms with E-state index in [0.29, 0.717) is 28.5 Å². The maximum atomic E-state index is 7.19. The first-order valence-corrected chi connectivity index (χ1v) is 23.4. The Kier molecular flexibility index (Phi) is 10.6. The van der Waals surface area contributed by atoms with E-state index in [2.05, 4.69) is 200 Å². The summed E-state index contributed by atoms with van der Waals surface area (Å²) in [5.41, 5.74) is 12.3. The Bertz CT molecular complexity index is 4130. The topological polar surface area (TPSA) is 53.1 Å². The Morgan fingerprint density at radius 3 is 1.90 bits per heavy atom. The summed E-state index contributed by atoms with van der Waals surface area (Å²) in [6.07, 6.45) is 1.79. The SMILES string of the molecule is CC(C)(C)c1cc(-c2ccccc2)ccc1-n1c(-c2[c-]c(Oc3[c-]c(-c4ccccn4)ccc3)cc3c2oc2cc4c5ccc(-c6ccccc6)cc5c5ccccc5c4cc23)nc2ccccc21.[Pt+2]. The molecule has 5 nitrogen and oxygen atoms in total.